The lowest BCUT2D eigenvalue weighted by molar-refractivity contribution is -0.384. The highest BCUT2D eigenvalue weighted by atomic mass is 16.6. The lowest BCUT2D eigenvalue weighted by Crippen LogP contribution is -2.29. The molecule has 0 aliphatic carbocycles. The maximum atomic E-state index is 11.1. The number of aromatic nitrogens is 1. The van der Waals surface area contributed by atoms with Gasteiger partial charge >= 0.3 is 5.69 Å². The topological polar surface area (TPSA) is 109 Å². The largest absolute Gasteiger partial charge is 0.348 e. The van der Waals surface area contributed by atoms with Crippen LogP contribution >= 0.6 is 0 Å². The lowest BCUT2D eigenvalue weighted by atomic mass is 10.1. The van der Waals surface area contributed by atoms with Crippen molar-refractivity contribution in [2.24, 2.45) is 11.7 Å². The van der Waals surface area contributed by atoms with Crippen molar-refractivity contribution in [3.05, 3.63) is 27.9 Å². The van der Waals surface area contributed by atoms with Crippen molar-refractivity contribution in [1.29, 1.82) is 5.26 Å². The van der Waals surface area contributed by atoms with Crippen molar-refractivity contribution in [3.63, 3.8) is 0 Å². The first-order valence-electron chi connectivity index (χ1n) is 6.08. The number of nitrogens with two attached hydrogens (primary N) is 1. The van der Waals surface area contributed by atoms with Crippen LogP contribution in [-0.4, -0.2) is 29.0 Å². The average molecular weight is 261 g/mol. The Kier molecular flexibility index (Phi) is 3.62. The predicted octanol–water partition coefficient (Wildman–Crippen LogP) is 1.03. The Hall–Kier alpha value is -2.20. The number of rotatable bonds is 3. The van der Waals surface area contributed by atoms with Gasteiger partial charge in [0.25, 0.3) is 0 Å². The van der Waals surface area contributed by atoms with Gasteiger partial charge in [-0.25, -0.2) is 4.98 Å². The molecule has 7 nitrogen and oxygen atoms in total. The summed E-state index contributed by atoms with van der Waals surface area (Å²) in [5.41, 5.74) is 5.73. The first-order valence-corrected chi connectivity index (χ1v) is 6.08. The SMILES string of the molecule is CC1CC(CN)CN1c1ncc(C#N)cc1[N+](=O)[O-]. The van der Waals surface area contributed by atoms with E-state index in [4.69, 9.17) is 11.0 Å². The normalized spacial score (nSPS) is 22.3. The lowest BCUT2D eigenvalue weighted by Gasteiger charge is -2.22. The van der Waals surface area contributed by atoms with Gasteiger partial charge in [-0.2, -0.15) is 5.26 Å². The summed E-state index contributed by atoms with van der Waals surface area (Å²) in [5, 5.41) is 19.9. The van der Waals surface area contributed by atoms with E-state index in [1.807, 2.05) is 17.9 Å². The maximum Gasteiger partial charge on any atom is 0.312 e. The Morgan fingerprint density at radius 3 is 3.00 bits per heavy atom. The predicted molar refractivity (Wildman–Crippen MR) is 69.6 cm³/mol. The minimum absolute atomic E-state index is 0.122. The van der Waals surface area contributed by atoms with Gasteiger partial charge in [0.05, 0.1) is 10.5 Å². The number of pyridine rings is 1. The molecule has 0 spiro atoms. The molecule has 0 amide bonds. The summed E-state index contributed by atoms with van der Waals surface area (Å²) in [6.07, 6.45) is 2.26. The molecule has 1 aromatic heterocycles. The Morgan fingerprint density at radius 2 is 2.47 bits per heavy atom. The molecule has 2 unspecified atom stereocenters. The summed E-state index contributed by atoms with van der Waals surface area (Å²) in [5.74, 6) is 0.652. The van der Waals surface area contributed by atoms with Crippen molar-refractivity contribution < 1.29 is 4.92 Å². The molecule has 1 saturated heterocycles. The highest BCUT2D eigenvalue weighted by molar-refractivity contribution is 5.61. The van der Waals surface area contributed by atoms with Crippen molar-refractivity contribution in [2.75, 3.05) is 18.0 Å². The average Bonchev–Trinajstić information content (AvgIpc) is 2.79. The van der Waals surface area contributed by atoms with E-state index in [9.17, 15) is 10.1 Å². The van der Waals surface area contributed by atoms with Gasteiger partial charge in [-0.1, -0.05) is 0 Å². The minimum Gasteiger partial charge on any atom is -0.348 e. The molecule has 0 radical (unpaired) electrons. The molecule has 1 aliphatic rings. The number of nitrogens with zero attached hydrogens (tertiary/aromatic N) is 4. The molecular weight excluding hydrogens is 246 g/mol. The summed E-state index contributed by atoms with van der Waals surface area (Å²) in [6, 6.07) is 3.29. The molecule has 1 aliphatic heterocycles. The summed E-state index contributed by atoms with van der Waals surface area (Å²) in [7, 11) is 0. The first kappa shape index (κ1) is 13.2. The molecule has 2 heterocycles. The van der Waals surface area contributed by atoms with E-state index in [2.05, 4.69) is 4.98 Å². The molecule has 2 rings (SSSR count). The van der Waals surface area contributed by atoms with Gasteiger partial charge in [0, 0.05) is 24.8 Å². The van der Waals surface area contributed by atoms with E-state index in [-0.39, 0.29) is 17.3 Å². The number of hydrogen-bond donors (Lipinski definition) is 1. The molecule has 2 N–H and O–H groups in total. The van der Waals surface area contributed by atoms with Gasteiger partial charge in [0.2, 0.25) is 5.82 Å². The summed E-state index contributed by atoms with van der Waals surface area (Å²) in [4.78, 5) is 16.6. The zero-order valence-corrected chi connectivity index (χ0v) is 10.6. The van der Waals surface area contributed by atoms with Crippen molar-refractivity contribution in [1.82, 2.24) is 4.98 Å². The molecule has 1 fully saturated rings. The monoisotopic (exact) mass is 261 g/mol. The standard InChI is InChI=1S/C12H15N5O2/c1-8-2-10(5-14)7-16(8)12-11(17(18)19)3-9(4-13)6-15-12/h3,6,8,10H,2,5,7,14H2,1H3. The second-order valence-electron chi connectivity index (χ2n) is 4.77. The maximum absolute atomic E-state index is 11.1. The van der Waals surface area contributed by atoms with Crippen LogP contribution in [0.3, 0.4) is 0 Å². The third-order valence-corrected chi connectivity index (χ3v) is 3.44. The second kappa shape index (κ2) is 5.20. The molecule has 0 saturated carbocycles. The van der Waals surface area contributed by atoms with E-state index < -0.39 is 4.92 Å². The van der Waals surface area contributed by atoms with Crippen LogP contribution in [0.5, 0.6) is 0 Å². The highest BCUT2D eigenvalue weighted by Gasteiger charge is 2.33. The van der Waals surface area contributed by atoms with Crippen LogP contribution in [0.2, 0.25) is 0 Å². The fraction of sp³-hybridized carbons (Fsp3) is 0.500. The molecule has 0 aromatic carbocycles. The fourth-order valence-electron chi connectivity index (χ4n) is 2.47. The highest BCUT2D eigenvalue weighted by Crippen LogP contribution is 2.33. The van der Waals surface area contributed by atoms with Crippen molar-refractivity contribution in [2.45, 2.75) is 19.4 Å². The summed E-state index contributed by atoms with van der Waals surface area (Å²) >= 11 is 0. The molecule has 19 heavy (non-hydrogen) atoms. The van der Waals surface area contributed by atoms with Crippen molar-refractivity contribution in [3.8, 4) is 6.07 Å². The molecular formula is C12H15N5O2. The van der Waals surface area contributed by atoms with Gasteiger partial charge in [0.1, 0.15) is 6.07 Å². The van der Waals surface area contributed by atoms with E-state index in [0.717, 1.165) is 6.42 Å². The van der Waals surface area contributed by atoms with E-state index in [0.29, 0.717) is 24.8 Å². The first-order chi connectivity index (χ1) is 9.06. The van der Waals surface area contributed by atoms with Crippen LogP contribution in [-0.2, 0) is 0 Å². The van der Waals surface area contributed by atoms with Crippen LogP contribution in [0.25, 0.3) is 0 Å². The van der Waals surface area contributed by atoms with E-state index in [1.54, 1.807) is 0 Å². The van der Waals surface area contributed by atoms with E-state index >= 15 is 0 Å². The zero-order valence-electron chi connectivity index (χ0n) is 10.6. The third-order valence-electron chi connectivity index (χ3n) is 3.44. The smallest absolute Gasteiger partial charge is 0.312 e. The Labute approximate surface area is 110 Å². The summed E-state index contributed by atoms with van der Waals surface area (Å²) < 4.78 is 0. The Bertz CT molecular complexity index is 539. The number of nitriles is 1. The number of nitro groups is 1. The molecule has 0 bridgehead atoms. The fourth-order valence-corrected chi connectivity index (χ4v) is 2.47. The van der Waals surface area contributed by atoms with Crippen LogP contribution in [0.4, 0.5) is 11.5 Å². The van der Waals surface area contributed by atoms with Crippen LogP contribution < -0.4 is 10.6 Å². The van der Waals surface area contributed by atoms with Crippen LogP contribution in [0.15, 0.2) is 12.3 Å². The van der Waals surface area contributed by atoms with Gasteiger partial charge in [-0.15, -0.1) is 0 Å². The molecule has 1 aromatic rings. The number of hydrogen-bond acceptors (Lipinski definition) is 6. The molecule has 100 valence electrons. The summed E-state index contributed by atoms with van der Waals surface area (Å²) in [6.45, 7) is 3.22. The van der Waals surface area contributed by atoms with Gasteiger partial charge in [-0.05, 0) is 25.8 Å². The van der Waals surface area contributed by atoms with Gasteiger partial charge in [-0.3, -0.25) is 10.1 Å². The van der Waals surface area contributed by atoms with Crippen LogP contribution in [0, 0.1) is 27.4 Å². The molecule has 7 heteroatoms. The molecule has 2 atom stereocenters. The minimum atomic E-state index is -0.494. The number of anilines is 1. The third kappa shape index (κ3) is 2.48. The Morgan fingerprint density at radius 1 is 1.74 bits per heavy atom. The Balaban J connectivity index is 2.40. The second-order valence-corrected chi connectivity index (χ2v) is 4.77. The van der Waals surface area contributed by atoms with E-state index in [1.165, 1.54) is 12.3 Å². The van der Waals surface area contributed by atoms with Crippen LogP contribution in [0.1, 0.15) is 18.9 Å². The van der Waals surface area contributed by atoms with Gasteiger partial charge < -0.3 is 10.6 Å². The van der Waals surface area contributed by atoms with Gasteiger partial charge in [0.15, 0.2) is 0 Å². The quantitative estimate of drug-likeness (QED) is 0.643. The zero-order chi connectivity index (χ0) is 14.0. The van der Waals surface area contributed by atoms with Crippen molar-refractivity contribution >= 4 is 11.5 Å².